The molecule has 2 aromatic rings. The van der Waals surface area contributed by atoms with Gasteiger partial charge >= 0.3 is 0 Å². The second kappa shape index (κ2) is 7.84. The van der Waals surface area contributed by atoms with E-state index in [9.17, 15) is 0 Å². The summed E-state index contributed by atoms with van der Waals surface area (Å²) in [5, 5.41) is 0. The van der Waals surface area contributed by atoms with Crippen LogP contribution in [0.2, 0.25) is 0 Å². The molecule has 0 bridgehead atoms. The Morgan fingerprint density at radius 1 is 1.00 bits per heavy atom. The summed E-state index contributed by atoms with van der Waals surface area (Å²) < 4.78 is 5.93. The Labute approximate surface area is 134 Å². The van der Waals surface area contributed by atoms with Crippen molar-refractivity contribution in [3.63, 3.8) is 0 Å². The average molecular weight is 294 g/mol. The Balaban J connectivity index is 2.06. The van der Waals surface area contributed by atoms with Crippen molar-refractivity contribution in [3.05, 3.63) is 77.9 Å². The predicted octanol–water partition coefficient (Wildman–Crippen LogP) is 5.90. The van der Waals surface area contributed by atoms with Crippen molar-refractivity contribution < 1.29 is 4.74 Å². The summed E-state index contributed by atoms with van der Waals surface area (Å²) in [5.41, 5.74) is 2.50. The SMILES string of the molecule is CCC/C=C/C(C)(C)c1cccc(OCc2ccccc2)c1. The molecule has 0 unspecified atom stereocenters. The van der Waals surface area contributed by atoms with Gasteiger partial charge in [0.05, 0.1) is 0 Å². The lowest BCUT2D eigenvalue weighted by Crippen LogP contribution is -2.13. The number of allylic oxidation sites excluding steroid dienone is 2. The van der Waals surface area contributed by atoms with Gasteiger partial charge in [0.1, 0.15) is 12.4 Å². The van der Waals surface area contributed by atoms with E-state index >= 15 is 0 Å². The maximum Gasteiger partial charge on any atom is 0.120 e. The Morgan fingerprint density at radius 3 is 2.50 bits per heavy atom. The maximum absolute atomic E-state index is 5.93. The molecule has 22 heavy (non-hydrogen) atoms. The molecule has 0 aliphatic carbocycles. The molecule has 0 amide bonds. The molecule has 1 nitrogen and oxygen atoms in total. The predicted molar refractivity (Wildman–Crippen MR) is 94.3 cm³/mol. The van der Waals surface area contributed by atoms with Crippen LogP contribution < -0.4 is 4.74 Å². The van der Waals surface area contributed by atoms with Gasteiger partial charge in [-0.25, -0.2) is 0 Å². The molecule has 0 radical (unpaired) electrons. The first kappa shape index (κ1) is 16.4. The summed E-state index contributed by atoms with van der Waals surface area (Å²) in [6.45, 7) is 7.30. The van der Waals surface area contributed by atoms with Crippen molar-refractivity contribution in [2.75, 3.05) is 0 Å². The van der Waals surface area contributed by atoms with E-state index in [4.69, 9.17) is 4.74 Å². The van der Waals surface area contributed by atoms with Crippen molar-refractivity contribution >= 4 is 0 Å². The van der Waals surface area contributed by atoms with Gasteiger partial charge in [-0.1, -0.05) is 81.8 Å². The fraction of sp³-hybridized carbons (Fsp3) is 0.333. The van der Waals surface area contributed by atoms with Gasteiger partial charge in [-0.05, 0) is 29.7 Å². The molecule has 0 N–H and O–H groups in total. The molecule has 1 heteroatoms. The first-order valence-corrected chi connectivity index (χ1v) is 8.07. The Hall–Kier alpha value is -2.02. The van der Waals surface area contributed by atoms with E-state index in [-0.39, 0.29) is 5.41 Å². The first-order chi connectivity index (χ1) is 10.6. The van der Waals surface area contributed by atoms with Crippen LogP contribution in [-0.2, 0) is 12.0 Å². The zero-order valence-electron chi connectivity index (χ0n) is 13.9. The molecule has 2 rings (SSSR count). The Bertz CT molecular complexity index is 596. The number of rotatable bonds is 7. The summed E-state index contributed by atoms with van der Waals surface area (Å²) in [5.74, 6) is 0.929. The fourth-order valence-electron chi connectivity index (χ4n) is 2.37. The summed E-state index contributed by atoms with van der Waals surface area (Å²) in [7, 11) is 0. The van der Waals surface area contributed by atoms with E-state index in [2.05, 4.69) is 63.3 Å². The molecule has 0 aliphatic heterocycles. The minimum atomic E-state index is 0.0291. The molecule has 0 saturated carbocycles. The van der Waals surface area contributed by atoms with Gasteiger partial charge in [-0.15, -0.1) is 0 Å². The lowest BCUT2D eigenvalue weighted by Gasteiger charge is -2.22. The van der Waals surface area contributed by atoms with Crippen molar-refractivity contribution in [3.8, 4) is 5.75 Å². The van der Waals surface area contributed by atoms with Crippen molar-refractivity contribution in [1.29, 1.82) is 0 Å². The van der Waals surface area contributed by atoms with Gasteiger partial charge < -0.3 is 4.74 Å². The second-order valence-electron chi connectivity index (χ2n) is 6.21. The van der Waals surface area contributed by atoms with E-state index in [1.165, 1.54) is 17.5 Å². The average Bonchev–Trinajstić information content (AvgIpc) is 2.54. The molecule has 0 aromatic heterocycles. The van der Waals surface area contributed by atoms with Crippen LogP contribution in [0.15, 0.2) is 66.7 Å². The zero-order chi connectivity index (χ0) is 15.8. The molecule has 0 fully saturated rings. The van der Waals surface area contributed by atoms with E-state index in [0.717, 1.165) is 12.2 Å². The normalized spacial score (nSPS) is 11.8. The molecule has 0 saturated heterocycles. The standard InChI is InChI=1S/C21H26O/c1-4-5-9-15-21(2,3)19-13-10-14-20(16-19)22-17-18-11-7-6-8-12-18/h6-16H,4-5,17H2,1-3H3/b15-9+. The summed E-state index contributed by atoms with van der Waals surface area (Å²) in [6, 6.07) is 18.7. The molecule has 0 aliphatic rings. The molecular formula is C21H26O. The van der Waals surface area contributed by atoms with Crippen LogP contribution >= 0.6 is 0 Å². The van der Waals surface area contributed by atoms with Crippen LogP contribution in [-0.4, -0.2) is 0 Å². The zero-order valence-corrected chi connectivity index (χ0v) is 13.9. The van der Waals surface area contributed by atoms with Crippen LogP contribution in [0.25, 0.3) is 0 Å². The minimum Gasteiger partial charge on any atom is -0.489 e. The Morgan fingerprint density at radius 2 is 1.77 bits per heavy atom. The van der Waals surface area contributed by atoms with E-state index in [0.29, 0.717) is 6.61 Å². The highest BCUT2D eigenvalue weighted by Gasteiger charge is 2.17. The molecular weight excluding hydrogens is 268 g/mol. The number of hydrogen-bond acceptors (Lipinski definition) is 1. The number of ether oxygens (including phenoxy) is 1. The third-order valence-corrected chi connectivity index (χ3v) is 3.82. The van der Waals surface area contributed by atoms with Gasteiger partial charge in [0.25, 0.3) is 0 Å². The summed E-state index contributed by atoms with van der Waals surface area (Å²) in [4.78, 5) is 0. The van der Waals surface area contributed by atoms with Crippen LogP contribution in [0.1, 0.15) is 44.7 Å². The van der Waals surface area contributed by atoms with Gasteiger partial charge in [-0.2, -0.15) is 0 Å². The lowest BCUT2D eigenvalue weighted by atomic mass is 9.84. The summed E-state index contributed by atoms with van der Waals surface area (Å²) in [6.07, 6.45) is 6.89. The van der Waals surface area contributed by atoms with Crippen LogP contribution in [0, 0.1) is 0 Å². The largest absolute Gasteiger partial charge is 0.489 e. The smallest absolute Gasteiger partial charge is 0.120 e. The number of hydrogen-bond donors (Lipinski definition) is 0. The third kappa shape index (κ3) is 4.77. The number of benzene rings is 2. The topological polar surface area (TPSA) is 9.23 Å². The minimum absolute atomic E-state index is 0.0291. The highest BCUT2D eigenvalue weighted by Crippen LogP contribution is 2.28. The van der Waals surface area contributed by atoms with Gasteiger partial charge in [0, 0.05) is 5.41 Å². The van der Waals surface area contributed by atoms with E-state index in [1.807, 2.05) is 24.3 Å². The fourth-order valence-corrected chi connectivity index (χ4v) is 2.37. The lowest BCUT2D eigenvalue weighted by molar-refractivity contribution is 0.305. The van der Waals surface area contributed by atoms with Crippen LogP contribution in [0.4, 0.5) is 0 Å². The third-order valence-electron chi connectivity index (χ3n) is 3.82. The van der Waals surface area contributed by atoms with Gasteiger partial charge in [-0.3, -0.25) is 0 Å². The van der Waals surface area contributed by atoms with Crippen LogP contribution in [0.5, 0.6) is 5.75 Å². The molecule has 116 valence electrons. The molecule has 0 atom stereocenters. The van der Waals surface area contributed by atoms with Gasteiger partial charge in [0.15, 0.2) is 0 Å². The maximum atomic E-state index is 5.93. The highest BCUT2D eigenvalue weighted by atomic mass is 16.5. The highest BCUT2D eigenvalue weighted by molar-refractivity contribution is 5.36. The first-order valence-electron chi connectivity index (χ1n) is 8.07. The Kier molecular flexibility index (Phi) is 5.83. The monoisotopic (exact) mass is 294 g/mol. The second-order valence-corrected chi connectivity index (χ2v) is 6.21. The van der Waals surface area contributed by atoms with Crippen LogP contribution in [0.3, 0.4) is 0 Å². The van der Waals surface area contributed by atoms with Crippen molar-refractivity contribution in [1.82, 2.24) is 0 Å². The van der Waals surface area contributed by atoms with Gasteiger partial charge in [0.2, 0.25) is 0 Å². The summed E-state index contributed by atoms with van der Waals surface area (Å²) >= 11 is 0. The van der Waals surface area contributed by atoms with Crippen molar-refractivity contribution in [2.45, 2.75) is 45.6 Å². The van der Waals surface area contributed by atoms with E-state index in [1.54, 1.807) is 0 Å². The molecule has 0 heterocycles. The van der Waals surface area contributed by atoms with E-state index < -0.39 is 0 Å². The quantitative estimate of drug-likeness (QED) is 0.578. The molecule has 2 aromatic carbocycles. The van der Waals surface area contributed by atoms with Crippen molar-refractivity contribution in [2.24, 2.45) is 0 Å². The molecule has 0 spiro atoms. The number of unbranched alkanes of at least 4 members (excludes halogenated alkanes) is 1.